The monoisotopic (exact) mass is 418 g/mol. The SMILES string of the molecule is CCC(C)C(NC(=O)c1ccco1)C(=O)Nc1nnc(-c2ccc(Cl)cc2)s1. The largest absolute Gasteiger partial charge is 0.459 e. The number of rotatable bonds is 7. The van der Waals surface area contributed by atoms with Crippen LogP contribution in [0.2, 0.25) is 5.02 Å². The molecule has 2 amide bonds. The minimum atomic E-state index is -0.731. The van der Waals surface area contributed by atoms with Crippen molar-refractivity contribution in [2.45, 2.75) is 26.3 Å². The van der Waals surface area contributed by atoms with Gasteiger partial charge in [-0.3, -0.25) is 14.9 Å². The highest BCUT2D eigenvalue weighted by Gasteiger charge is 2.28. The quantitative estimate of drug-likeness (QED) is 0.598. The molecule has 3 rings (SSSR count). The molecule has 0 aliphatic rings. The maximum atomic E-state index is 12.8. The maximum Gasteiger partial charge on any atom is 0.287 e. The highest BCUT2D eigenvalue weighted by molar-refractivity contribution is 7.18. The van der Waals surface area contributed by atoms with Crippen molar-refractivity contribution in [3.63, 3.8) is 0 Å². The van der Waals surface area contributed by atoms with Crippen LogP contribution in [0.4, 0.5) is 5.13 Å². The van der Waals surface area contributed by atoms with Crippen molar-refractivity contribution in [2.75, 3.05) is 5.32 Å². The minimum absolute atomic E-state index is 0.0810. The van der Waals surface area contributed by atoms with Gasteiger partial charge in [0.2, 0.25) is 11.0 Å². The molecule has 2 N–H and O–H groups in total. The van der Waals surface area contributed by atoms with E-state index in [0.29, 0.717) is 21.6 Å². The molecule has 0 fully saturated rings. The first-order chi connectivity index (χ1) is 13.5. The molecule has 0 saturated heterocycles. The number of hydrogen-bond donors (Lipinski definition) is 2. The molecular weight excluding hydrogens is 400 g/mol. The van der Waals surface area contributed by atoms with Crippen LogP contribution in [0.5, 0.6) is 0 Å². The van der Waals surface area contributed by atoms with Gasteiger partial charge in [0.05, 0.1) is 6.26 Å². The number of carbonyl (C=O) groups excluding carboxylic acids is 2. The molecule has 3 aromatic rings. The lowest BCUT2D eigenvalue weighted by Crippen LogP contribution is -2.47. The third kappa shape index (κ3) is 4.76. The molecule has 0 spiro atoms. The second-order valence-corrected chi connectivity index (χ2v) is 7.64. The van der Waals surface area contributed by atoms with Crippen LogP contribution in [-0.4, -0.2) is 28.1 Å². The predicted molar refractivity (Wildman–Crippen MR) is 108 cm³/mol. The Hall–Kier alpha value is -2.71. The summed E-state index contributed by atoms with van der Waals surface area (Å²) in [4.78, 5) is 25.1. The number of amides is 2. The molecule has 0 saturated carbocycles. The van der Waals surface area contributed by atoms with Gasteiger partial charge in [0.15, 0.2) is 5.76 Å². The second kappa shape index (κ2) is 8.99. The number of aromatic nitrogens is 2. The lowest BCUT2D eigenvalue weighted by molar-refractivity contribution is -0.119. The molecule has 0 aliphatic carbocycles. The average Bonchev–Trinajstić information content (AvgIpc) is 3.38. The molecular formula is C19H19ClN4O3S. The fraction of sp³-hybridized carbons (Fsp3) is 0.263. The van der Waals surface area contributed by atoms with E-state index in [1.807, 2.05) is 26.0 Å². The number of anilines is 1. The smallest absolute Gasteiger partial charge is 0.287 e. The van der Waals surface area contributed by atoms with E-state index in [1.54, 1.807) is 24.3 Å². The Labute approximate surface area is 171 Å². The fourth-order valence-corrected chi connectivity index (χ4v) is 3.37. The summed E-state index contributed by atoms with van der Waals surface area (Å²) >= 11 is 7.14. The zero-order chi connectivity index (χ0) is 20.1. The normalized spacial score (nSPS) is 13.0. The van der Waals surface area contributed by atoms with Gasteiger partial charge in [-0.25, -0.2) is 0 Å². The van der Waals surface area contributed by atoms with Crippen LogP contribution in [-0.2, 0) is 4.79 Å². The van der Waals surface area contributed by atoms with E-state index in [0.717, 1.165) is 5.56 Å². The molecule has 2 unspecified atom stereocenters. The number of carbonyl (C=O) groups is 2. The first kappa shape index (κ1) is 20.0. The molecule has 2 aromatic heterocycles. The summed E-state index contributed by atoms with van der Waals surface area (Å²) in [5, 5.41) is 15.2. The van der Waals surface area contributed by atoms with Crippen molar-refractivity contribution in [2.24, 2.45) is 5.92 Å². The molecule has 0 aliphatic heterocycles. The number of hydrogen-bond acceptors (Lipinski definition) is 6. The van der Waals surface area contributed by atoms with Crippen LogP contribution in [0.25, 0.3) is 10.6 Å². The zero-order valence-electron chi connectivity index (χ0n) is 15.3. The van der Waals surface area contributed by atoms with Gasteiger partial charge in [0.25, 0.3) is 5.91 Å². The topological polar surface area (TPSA) is 97.1 Å². The van der Waals surface area contributed by atoms with E-state index in [9.17, 15) is 9.59 Å². The van der Waals surface area contributed by atoms with Crippen LogP contribution in [0.15, 0.2) is 47.1 Å². The fourth-order valence-electron chi connectivity index (χ4n) is 2.49. The Morgan fingerprint density at radius 3 is 2.61 bits per heavy atom. The summed E-state index contributed by atoms with van der Waals surface area (Å²) in [6.07, 6.45) is 2.12. The van der Waals surface area contributed by atoms with Crippen molar-refractivity contribution in [3.05, 3.63) is 53.4 Å². The van der Waals surface area contributed by atoms with Crippen LogP contribution in [0.1, 0.15) is 30.8 Å². The van der Waals surface area contributed by atoms with Crippen LogP contribution in [0.3, 0.4) is 0 Å². The van der Waals surface area contributed by atoms with Gasteiger partial charge in [-0.2, -0.15) is 0 Å². The Morgan fingerprint density at radius 2 is 1.96 bits per heavy atom. The minimum Gasteiger partial charge on any atom is -0.459 e. The number of nitrogens with one attached hydrogen (secondary N) is 2. The number of halogens is 1. The lowest BCUT2D eigenvalue weighted by Gasteiger charge is -2.22. The molecule has 146 valence electrons. The molecule has 28 heavy (non-hydrogen) atoms. The Morgan fingerprint density at radius 1 is 1.21 bits per heavy atom. The van der Waals surface area contributed by atoms with E-state index < -0.39 is 11.9 Å². The van der Waals surface area contributed by atoms with E-state index in [-0.39, 0.29) is 17.6 Å². The van der Waals surface area contributed by atoms with Gasteiger partial charge in [-0.15, -0.1) is 10.2 Å². The van der Waals surface area contributed by atoms with Gasteiger partial charge in [-0.05, 0) is 30.2 Å². The molecule has 1 aromatic carbocycles. The molecule has 0 bridgehead atoms. The number of benzene rings is 1. The highest BCUT2D eigenvalue weighted by Crippen LogP contribution is 2.27. The summed E-state index contributed by atoms with van der Waals surface area (Å²) in [6.45, 7) is 3.85. The lowest BCUT2D eigenvalue weighted by atomic mass is 9.98. The first-order valence-corrected chi connectivity index (χ1v) is 9.92. The Balaban J connectivity index is 1.71. The summed E-state index contributed by atoms with van der Waals surface area (Å²) < 4.78 is 5.09. The van der Waals surface area contributed by atoms with Crippen molar-refractivity contribution in [1.29, 1.82) is 0 Å². The molecule has 2 atom stereocenters. The summed E-state index contributed by atoms with van der Waals surface area (Å²) in [5.41, 5.74) is 0.854. The zero-order valence-corrected chi connectivity index (χ0v) is 16.9. The number of nitrogens with zero attached hydrogens (tertiary/aromatic N) is 2. The molecule has 7 nitrogen and oxygen atoms in total. The summed E-state index contributed by atoms with van der Waals surface area (Å²) in [5.74, 6) is -0.720. The third-order valence-electron chi connectivity index (χ3n) is 4.27. The van der Waals surface area contributed by atoms with Gasteiger partial charge < -0.3 is 9.73 Å². The van der Waals surface area contributed by atoms with Crippen molar-refractivity contribution >= 4 is 39.9 Å². The van der Waals surface area contributed by atoms with Gasteiger partial charge in [0.1, 0.15) is 11.0 Å². The second-order valence-electron chi connectivity index (χ2n) is 6.22. The Kier molecular flexibility index (Phi) is 6.43. The van der Waals surface area contributed by atoms with Crippen LogP contribution < -0.4 is 10.6 Å². The van der Waals surface area contributed by atoms with Crippen molar-refractivity contribution < 1.29 is 14.0 Å². The van der Waals surface area contributed by atoms with Crippen LogP contribution >= 0.6 is 22.9 Å². The highest BCUT2D eigenvalue weighted by atomic mass is 35.5. The predicted octanol–water partition coefficient (Wildman–Crippen LogP) is 4.23. The first-order valence-electron chi connectivity index (χ1n) is 8.72. The Bertz CT molecular complexity index is 941. The van der Waals surface area contributed by atoms with Crippen LogP contribution in [0, 0.1) is 5.92 Å². The van der Waals surface area contributed by atoms with E-state index in [2.05, 4.69) is 20.8 Å². The van der Waals surface area contributed by atoms with Crippen molar-refractivity contribution in [3.8, 4) is 10.6 Å². The molecule has 0 radical (unpaired) electrons. The van der Waals surface area contributed by atoms with Gasteiger partial charge in [0, 0.05) is 10.6 Å². The number of furan rings is 1. The van der Waals surface area contributed by atoms with E-state index >= 15 is 0 Å². The van der Waals surface area contributed by atoms with E-state index in [4.69, 9.17) is 16.0 Å². The van der Waals surface area contributed by atoms with Gasteiger partial charge >= 0.3 is 0 Å². The summed E-state index contributed by atoms with van der Waals surface area (Å²) in [6, 6.07) is 9.63. The third-order valence-corrected chi connectivity index (χ3v) is 5.41. The van der Waals surface area contributed by atoms with E-state index in [1.165, 1.54) is 17.6 Å². The molecule has 9 heteroatoms. The van der Waals surface area contributed by atoms with Crippen molar-refractivity contribution in [1.82, 2.24) is 15.5 Å². The maximum absolute atomic E-state index is 12.8. The standard InChI is InChI=1S/C19H19ClN4O3S/c1-3-11(2)15(21-16(25)14-5-4-10-27-14)17(26)22-19-24-23-18(28-19)12-6-8-13(20)9-7-12/h4-11,15H,3H2,1-2H3,(H,21,25)(H,22,24,26). The average molecular weight is 419 g/mol. The molecule has 2 heterocycles. The van der Waals surface area contributed by atoms with Gasteiger partial charge in [-0.1, -0.05) is 55.3 Å². The summed E-state index contributed by atoms with van der Waals surface area (Å²) in [7, 11) is 0.